The highest BCUT2D eigenvalue weighted by atomic mass is 32.2. The Hall–Kier alpha value is -2.18. The molecule has 0 aliphatic rings. The van der Waals surface area contributed by atoms with Crippen LogP contribution in [0.3, 0.4) is 0 Å². The summed E-state index contributed by atoms with van der Waals surface area (Å²) in [6.07, 6.45) is 0. The zero-order valence-electron chi connectivity index (χ0n) is 15.0. The van der Waals surface area contributed by atoms with E-state index in [4.69, 9.17) is 0 Å². The molecule has 0 heterocycles. The molecule has 1 amide bonds. The zero-order valence-corrected chi connectivity index (χ0v) is 15.9. The number of carbonyl (C=O) groups excluding carboxylic acids is 1. The molecule has 0 spiro atoms. The van der Waals surface area contributed by atoms with Crippen LogP contribution in [-0.2, 0) is 10.0 Å². The Morgan fingerprint density at radius 3 is 1.96 bits per heavy atom. The first kappa shape index (κ1) is 19.1. The van der Waals surface area contributed by atoms with Crippen LogP contribution in [0.15, 0.2) is 47.4 Å². The first-order chi connectivity index (χ1) is 11.8. The predicted molar refractivity (Wildman–Crippen MR) is 100 cm³/mol. The number of aryl methyl sites for hydroxylation is 2. The summed E-state index contributed by atoms with van der Waals surface area (Å²) in [6.45, 7) is 8.28. The SMILES string of the molecule is CCN(CC)S(=O)(=O)c1ccc(C(=O)Nc2c(C)cccc2C)cc1. The molecule has 0 saturated heterocycles. The molecule has 6 heteroatoms. The van der Waals surface area contributed by atoms with Crippen LogP contribution in [0.2, 0.25) is 0 Å². The monoisotopic (exact) mass is 360 g/mol. The van der Waals surface area contributed by atoms with Crippen LogP contribution >= 0.6 is 0 Å². The van der Waals surface area contributed by atoms with Gasteiger partial charge in [0.05, 0.1) is 4.90 Å². The highest BCUT2D eigenvalue weighted by Gasteiger charge is 2.21. The van der Waals surface area contributed by atoms with Crippen LogP contribution in [0.4, 0.5) is 5.69 Å². The number of rotatable bonds is 6. The van der Waals surface area contributed by atoms with E-state index in [2.05, 4.69) is 5.32 Å². The largest absolute Gasteiger partial charge is 0.322 e. The fourth-order valence-electron chi connectivity index (χ4n) is 2.69. The number of hydrogen-bond donors (Lipinski definition) is 1. The smallest absolute Gasteiger partial charge is 0.255 e. The first-order valence-electron chi connectivity index (χ1n) is 8.29. The Balaban J connectivity index is 2.24. The van der Waals surface area contributed by atoms with Crippen molar-refractivity contribution in [2.45, 2.75) is 32.6 Å². The average molecular weight is 360 g/mol. The van der Waals surface area contributed by atoms with Crippen LogP contribution in [-0.4, -0.2) is 31.7 Å². The quantitative estimate of drug-likeness (QED) is 0.856. The standard InChI is InChI=1S/C19H24N2O3S/c1-5-21(6-2)25(23,24)17-12-10-16(11-13-17)19(22)20-18-14(3)8-7-9-15(18)4/h7-13H,5-6H2,1-4H3,(H,20,22). The molecule has 0 unspecified atom stereocenters. The van der Waals surface area contributed by atoms with Gasteiger partial charge in [-0.1, -0.05) is 32.0 Å². The molecular formula is C19H24N2O3S. The van der Waals surface area contributed by atoms with Crippen molar-refractivity contribution in [1.82, 2.24) is 4.31 Å². The van der Waals surface area contributed by atoms with E-state index in [0.717, 1.165) is 16.8 Å². The number of para-hydroxylation sites is 1. The normalized spacial score (nSPS) is 11.6. The van der Waals surface area contributed by atoms with E-state index in [1.807, 2.05) is 32.0 Å². The highest BCUT2D eigenvalue weighted by molar-refractivity contribution is 7.89. The predicted octanol–water partition coefficient (Wildman–Crippen LogP) is 3.59. The molecule has 2 aromatic carbocycles. The summed E-state index contributed by atoms with van der Waals surface area (Å²) in [5.41, 5.74) is 3.16. The van der Waals surface area contributed by atoms with Gasteiger partial charge in [-0.3, -0.25) is 4.79 Å². The minimum Gasteiger partial charge on any atom is -0.322 e. The van der Waals surface area contributed by atoms with Crippen molar-refractivity contribution >= 4 is 21.6 Å². The molecule has 1 N–H and O–H groups in total. The topological polar surface area (TPSA) is 66.5 Å². The maximum atomic E-state index is 12.5. The van der Waals surface area contributed by atoms with Crippen LogP contribution < -0.4 is 5.32 Å². The summed E-state index contributed by atoms with van der Waals surface area (Å²) in [6, 6.07) is 11.8. The van der Waals surface area contributed by atoms with Gasteiger partial charge in [-0.25, -0.2) is 8.42 Å². The second-order valence-electron chi connectivity index (χ2n) is 5.83. The number of nitrogens with zero attached hydrogens (tertiary/aromatic N) is 1. The molecule has 0 saturated carbocycles. The Morgan fingerprint density at radius 1 is 0.960 bits per heavy atom. The van der Waals surface area contributed by atoms with E-state index in [1.54, 1.807) is 26.0 Å². The molecule has 0 atom stereocenters. The van der Waals surface area contributed by atoms with Gasteiger partial charge in [0, 0.05) is 24.3 Å². The van der Waals surface area contributed by atoms with Crippen molar-refractivity contribution in [3.8, 4) is 0 Å². The number of nitrogens with one attached hydrogen (secondary N) is 1. The molecule has 25 heavy (non-hydrogen) atoms. The van der Waals surface area contributed by atoms with Crippen LogP contribution in [0.25, 0.3) is 0 Å². The van der Waals surface area contributed by atoms with Gasteiger partial charge in [-0.15, -0.1) is 0 Å². The number of benzene rings is 2. The fraction of sp³-hybridized carbons (Fsp3) is 0.316. The average Bonchev–Trinajstić information content (AvgIpc) is 2.59. The van der Waals surface area contributed by atoms with E-state index in [0.29, 0.717) is 18.7 Å². The summed E-state index contributed by atoms with van der Waals surface area (Å²) in [4.78, 5) is 12.6. The van der Waals surface area contributed by atoms with Crippen molar-refractivity contribution in [3.63, 3.8) is 0 Å². The number of amides is 1. The van der Waals surface area contributed by atoms with Gasteiger partial charge in [-0.2, -0.15) is 4.31 Å². The van der Waals surface area contributed by atoms with E-state index in [-0.39, 0.29) is 10.8 Å². The fourth-order valence-corrected chi connectivity index (χ4v) is 4.15. The third-order valence-electron chi connectivity index (χ3n) is 4.18. The van der Waals surface area contributed by atoms with Gasteiger partial charge < -0.3 is 5.32 Å². The molecule has 5 nitrogen and oxygen atoms in total. The van der Waals surface area contributed by atoms with Crippen molar-refractivity contribution in [2.75, 3.05) is 18.4 Å². The molecule has 0 bridgehead atoms. The van der Waals surface area contributed by atoms with Crippen molar-refractivity contribution in [1.29, 1.82) is 0 Å². The Labute approximate surface area is 149 Å². The summed E-state index contributed by atoms with van der Waals surface area (Å²) in [5, 5.41) is 2.90. The lowest BCUT2D eigenvalue weighted by Crippen LogP contribution is -2.30. The second-order valence-corrected chi connectivity index (χ2v) is 7.77. The van der Waals surface area contributed by atoms with Crippen molar-refractivity contribution in [2.24, 2.45) is 0 Å². The van der Waals surface area contributed by atoms with E-state index < -0.39 is 10.0 Å². The summed E-state index contributed by atoms with van der Waals surface area (Å²) < 4.78 is 26.4. The van der Waals surface area contributed by atoms with Gasteiger partial charge in [-0.05, 0) is 49.2 Å². The third kappa shape index (κ3) is 4.08. The van der Waals surface area contributed by atoms with E-state index in [9.17, 15) is 13.2 Å². The molecule has 2 rings (SSSR count). The summed E-state index contributed by atoms with van der Waals surface area (Å²) in [5.74, 6) is -0.260. The minimum atomic E-state index is -3.51. The molecule has 0 aliphatic carbocycles. The highest BCUT2D eigenvalue weighted by Crippen LogP contribution is 2.21. The number of carbonyl (C=O) groups is 1. The number of sulfonamides is 1. The molecular weight excluding hydrogens is 336 g/mol. The van der Waals surface area contributed by atoms with Crippen LogP contribution in [0.5, 0.6) is 0 Å². The van der Waals surface area contributed by atoms with Gasteiger partial charge in [0.2, 0.25) is 10.0 Å². The lowest BCUT2D eigenvalue weighted by atomic mass is 10.1. The minimum absolute atomic E-state index is 0.194. The molecule has 0 radical (unpaired) electrons. The van der Waals surface area contributed by atoms with E-state index >= 15 is 0 Å². The van der Waals surface area contributed by atoms with Gasteiger partial charge in [0.1, 0.15) is 0 Å². The molecule has 0 fully saturated rings. The summed E-state index contributed by atoms with van der Waals surface area (Å²) in [7, 11) is -3.51. The van der Waals surface area contributed by atoms with Gasteiger partial charge >= 0.3 is 0 Å². The van der Waals surface area contributed by atoms with Crippen LogP contribution in [0, 0.1) is 13.8 Å². The number of hydrogen-bond acceptors (Lipinski definition) is 3. The lowest BCUT2D eigenvalue weighted by Gasteiger charge is -2.18. The van der Waals surface area contributed by atoms with Crippen LogP contribution in [0.1, 0.15) is 35.3 Å². The molecule has 0 aromatic heterocycles. The Kier molecular flexibility index (Phi) is 5.98. The number of anilines is 1. The van der Waals surface area contributed by atoms with Gasteiger partial charge in [0.15, 0.2) is 0 Å². The van der Waals surface area contributed by atoms with Crippen molar-refractivity contribution in [3.05, 3.63) is 59.2 Å². The summed E-state index contributed by atoms with van der Waals surface area (Å²) >= 11 is 0. The van der Waals surface area contributed by atoms with Crippen molar-refractivity contribution < 1.29 is 13.2 Å². The first-order valence-corrected chi connectivity index (χ1v) is 9.73. The molecule has 0 aliphatic heterocycles. The second kappa shape index (κ2) is 7.80. The maximum Gasteiger partial charge on any atom is 0.255 e. The molecule has 134 valence electrons. The lowest BCUT2D eigenvalue weighted by molar-refractivity contribution is 0.102. The maximum absolute atomic E-state index is 12.5. The Morgan fingerprint density at radius 2 is 1.48 bits per heavy atom. The zero-order chi connectivity index (χ0) is 18.6. The third-order valence-corrected chi connectivity index (χ3v) is 6.24. The molecule has 2 aromatic rings. The Bertz CT molecular complexity index is 834. The van der Waals surface area contributed by atoms with Gasteiger partial charge in [0.25, 0.3) is 5.91 Å². The van der Waals surface area contributed by atoms with E-state index in [1.165, 1.54) is 16.4 Å².